The van der Waals surface area contributed by atoms with E-state index in [2.05, 4.69) is 21.3 Å². The molecule has 2 heterocycles. The molecule has 0 radical (unpaired) electrons. The minimum absolute atomic E-state index is 0.285. The molecular weight excluding hydrogens is 328 g/mol. The van der Waals surface area contributed by atoms with Gasteiger partial charge in [-0.2, -0.15) is 0 Å². The lowest BCUT2D eigenvalue weighted by Gasteiger charge is -2.27. The minimum atomic E-state index is -0.355. The highest BCUT2D eigenvalue weighted by molar-refractivity contribution is 6.31. The number of para-hydroxylation sites is 1. The van der Waals surface area contributed by atoms with Crippen LogP contribution in [-0.2, 0) is 0 Å². The molecule has 2 aliphatic rings. The zero-order chi connectivity index (χ0) is 16.7. The molecule has 0 bridgehead atoms. The third-order valence-electron chi connectivity index (χ3n) is 3.93. The lowest BCUT2D eigenvalue weighted by Crippen LogP contribution is -2.38. The average molecular weight is 341 g/mol. The van der Waals surface area contributed by atoms with Gasteiger partial charge in [0.2, 0.25) is 0 Å². The second-order valence-electron chi connectivity index (χ2n) is 5.51. The molecule has 0 spiro atoms. The van der Waals surface area contributed by atoms with Gasteiger partial charge < -0.3 is 21.3 Å². The first-order chi connectivity index (χ1) is 11.6. The standard InChI is InChI=1S/C17H13ClN4O2/c18-9-5-6-11-13(7-9)20-17(24)22-15(11)8-14-10-3-1-2-4-12(10)19-16(23)21-14/h1-8,14H,(H2,19,21,23)(H2,20,22,24)/b15-8-. The third-order valence-corrected chi connectivity index (χ3v) is 4.17. The lowest BCUT2D eigenvalue weighted by molar-refractivity contribution is 0.249. The van der Waals surface area contributed by atoms with E-state index in [1.165, 1.54) is 0 Å². The summed E-state index contributed by atoms with van der Waals surface area (Å²) in [5, 5.41) is 11.7. The number of carbonyl (C=O) groups excluding carboxylic acids is 2. The number of hydrogen-bond donors (Lipinski definition) is 4. The van der Waals surface area contributed by atoms with Crippen molar-refractivity contribution >= 4 is 40.7 Å². The van der Waals surface area contributed by atoms with Crippen LogP contribution < -0.4 is 21.3 Å². The molecule has 4 rings (SSSR count). The van der Waals surface area contributed by atoms with Crippen LogP contribution in [0.2, 0.25) is 5.02 Å². The Labute approximate surface area is 142 Å². The van der Waals surface area contributed by atoms with Crippen LogP contribution in [-0.4, -0.2) is 12.1 Å². The van der Waals surface area contributed by atoms with E-state index in [1.807, 2.05) is 36.4 Å². The maximum absolute atomic E-state index is 11.9. The van der Waals surface area contributed by atoms with Crippen LogP contribution in [0.1, 0.15) is 17.2 Å². The van der Waals surface area contributed by atoms with E-state index in [0.29, 0.717) is 16.4 Å². The molecule has 0 aromatic heterocycles. The Hall–Kier alpha value is -2.99. The molecular formula is C17H13ClN4O2. The summed E-state index contributed by atoms with van der Waals surface area (Å²) in [6, 6.07) is 11.8. The van der Waals surface area contributed by atoms with E-state index < -0.39 is 0 Å². The van der Waals surface area contributed by atoms with Crippen LogP contribution >= 0.6 is 11.6 Å². The molecule has 0 aliphatic carbocycles. The van der Waals surface area contributed by atoms with Gasteiger partial charge >= 0.3 is 12.1 Å². The van der Waals surface area contributed by atoms with Crippen molar-refractivity contribution in [3.8, 4) is 0 Å². The summed E-state index contributed by atoms with van der Waals surface area (Å²) in [4.78, 5) is 23.8. The Kier molecular flexibility index (Phi) is 3.39. The Morgan fingerprint density at radius 2 is 1.71 bits per heavy atom. The van der Waals surface area contributed by atoms with Gasteiger partial charge in [0.15, 0.2) is 0 Å². The second kappa shape index (κ2) is 5.58. The largest absolute Gasteiger partial charge is 0.327 e. The van der Waals surface area contributed by atoms with Crippen molar-refractivity contribution in [2.75, 3.05) is 10.6 Å². The van der Waals surface area contributed by atoms with Gasteiger partial charge in [-0.1, -0.05) is 29.8 Å². The summed E-state index contributed by atoms with van der Waals surface area (Å²) >= 11 is 5.99. The van der Waals surface area contributed by atoms with E-state index in [1.54, 1.807) is 12.1 Å². The van der Waals surface area contributed by atoms with Gasteiger partial charge in [-0.3, -0.25) is 0 Å². The molecule has 6 nitrogen and oxygen atoms in total. The van der Waals surface area contributed by atoms with Gasteiger partial charge in [0.25, 0.3) is 0 Å². The molecule has 0 saturated carbocycles. The molecule has 2 aliphatic heterocycles. The number of anilines is 2. The first-order valence-electron chi connectivity index (χ1n) is 7.36. The quantitative estimate of drug-likeness (QED) is 0.638. The average Bonchev–Trinajstić information content (AvgIpc) is 2.54. The van der Waals surface area contributed by atoms with E-state index in [9.17, 15) is 9.59 Å². The molecule has 0 saturated heterocycles. The van der Waals surface area contributed by atoms with Crippen LogP contribution in [0.25, 0.3) is 5.70 Å². The summed E-state index contributed by atoms with van der Waals surface area (Å²) in [6.45, 7) is 0. The minimum Gasteiger partial charge on any atom is -0.327 e. The van der Waals surface area contributed by atoms with Crippen LogP contribution in [0.4, 0.5) is 21.0 Å². The van der Waals surface area contributed by atoms with E-state index in [-0.39, 0.29) is 18.1 Å². The molecule has 2 aromatic carbocycles. The molecule has 120 valence electrons. The first kappa shape index (κ1) is 14.6. The van der Waals surface area contributed by atoms with Gasteiger partial charge in [-0.15, -0.1) is 0 Å². The van der Waals surface area contributed by atoms with Crippen molar-refractivity contribution < 1.29 is 9.59 Å². The van der Waals surface area contributed by atoms with Crippen molar-refractivity contribution in [1.82, 2.24) is 10.6 Å². The van der Waals surface area contributed by atoms with Crippen molar-refractivity contribution in [2.24, 2.45) is 0 Å². The smallest absolute Gasteiger partial charge is 0.323 e. The maximum atomic E-state index is 11.9. The molecule has 0 fully saturated rings. The van der Waals surface area contributed by atoms with Gasteiger partial charge in [0.1, 0.15) is 0 Å². The zero-order valence-electron chi connectivity index (χ0n) is 12.4. The monoisotopic (exact) mass is 340 g/mol. The number of hydrogen-bond acceptors (Lipinski definition) is 2. The Bertz CT molecular complexity index is 894. The van der Waals surface area contributed by atoms with Gasteiger partial charge in [-0.25, -0.2) is 9.59 Å². The third kappa shape index (κ3) is 2.57. The van der Waals surface area contributed by atoms with Gasteiger partial charge in [-0.05, 0) is 30.3 Å². The first-order valence-corrected chi connectivity index (χ1v) is 7.74. The summed E-state index contributed by atoms with van der Waals surface area (Å²) in [5.41, 5.74) is 3.73. The molecule has 2 aromatic rings. The van der Waals surface area contributed by atoms with E-state index in [4.69, 9.17) is 11.6 Å². The molecule has 24 heavy (non-hydrogen) atoms. The van der Waals surface area contributed by atoms with Crippen molar-refractivity contribution in [2.45, 2.75) is 6.04 Å². The number of halogens is 1. The normalized spacial score (nSPS) is 20.2. The molecule has 1 unspecified atom stereocenters. The topological polar surface area (TPSA) is 82.3 Å². The fourth-order valence-electron chi connectivity index (χ4n) is 2.89. The van der Waals surface area contributed by atoms with Gasteiger partial charge in [0, 0.05) is 21.8 Å². The lowest BCUT2D eigenvalue weighted by atomic mass is 9.98. The van der Waals surface area contributed by atoms with Crippen LogP contribution in [0.5, 0.6) is 0 Å². The van der Waals surface area contributed by atoms with Crippen molar-refractivity contribution in [3.63, 3.8) is 0 Å². The Balaban J connectivity index is 1.79. The number of fused-ring (bicyclic) bond motifs is 2. The van der Waals surface area contributed by atoms with Crippen LogP contribution in [0.15, 0.2) is 48.5 Å². The van der Waals surface area contributed by atoms with Crippen molar-refractivity contribution in [3.05, 3.63) is 64.7 Å². The predicted octanol–water partition coefficient (Wildman–Crippen LogP) is 3.69. The van der Waals surface area contributed by atoms with Crippen LogP contribution in [0.3, 0.4) is 0 Å². The van der Waals surface area contributed by atoms with E-state index in [0.717, 1.165) is 16.8 Å². The molecule has 1 atom stereocenters. The summed E-state index contributed by atoms with van der Waals surface area (Å²) in [7, 11) is 0. The second-order valence-corrected chi connectivity index (χ2v) is 5.95. The van der Waals surface area contributed by atoms with Crippen molar-refractivity contribution in [1.29, 1.82) is 0 Å². The number of benzene rings is 2. The SMILES string of the molecule is O=C1N/C(=C\C2NC(=O)Nc3ccccc32)c2ccc(Cl)cc2N1. The highest BCUT2D eigenvalue weighted by atomic mass is 35.5. The summed E-state index contributed by atoms with van der Waals surface area (Å²) < 4.78 is 0. The molecule has 4 amide bonds. The molecule has 7 heteroatoms. The maximum Gasteiger partial charge on any atom is 0.323 e. The van der Waals surface area contributed by atoms with Crippen LogP contribution in [0, 0.1) is 0 Å². The number of urea groups is 2. The molecule has 4 N–H and O–H groups in total. The summed E-state index contributed by atoms with van der Waals surface area (Å²) in [6.07, 6.45) is 1.82. The number of rotatable bonds is 1. The fraction of sp³-hybridized carbons (Fsp3) is 0.0588. The highest BCUT2D eigenvalue weighted by Crippen LogP contribution is 2.33. The number of carbonyl (C=O) groups is 2. The number of nitrogens with one attached hydrogen (secondary N) is 4. The highest BCUT2D eigenvalue weighted by Gasteiger charge is 2.25. The van der Waals surface area contributed by atoms with Gasteiger partial charge in [0.05, 0.1) is 17.4 Å². The fourth-order valence-corrected chi connectivity index (χ4v) is 3.06. The Morgan fingerprint density at radius 1 is 0.917 bits per heavy atom. The number of amides is 4. The zero-order valence-corrected chi connectivity index (χ0v) is 13.1. The Morgan fingerprint density at radius 3 is 2.58 bits per heavy atom. The van der Waals surface area contributed by atoms with E-state index >= 15 is 0 Å². The predicted molar refractivity (Wildman–Crippen MR) is 92.9 cm³/mol. The summed E-state index contributed by atoms with van der Waals surface area (Å²) in [5.74, 6) is 0.